The third kappa shape index (κ3) is 3.35. The van der Waals surface area contributed by atoms with Crippen molar-refractivity contribution in [1.29, 1.82) is 0 Å². The van der Waals surface area contributed by atoms with Gasteiger partial charge in [0.15, 0.2) is 15.7 Å². The first-order chi connectivity index (χ1) is 12.5. The number of nitrogens with one attached hydrogen (secondary N) is 2. The monoisotopic (exact) mass is 449 g/mol. The summed E-state index contributed by atoms with van der Waals surface area (Å²) in [5, 5.41) is 12.9. The maximum absolute atomic E-state index is 12.4. The zero-order chi connectivity index (χ0) is 18.3. The number of nitrogens with zero attached hydrogens (tertiary/aromatic N) is 3. The lowest BCUT2D eigenvalue weighted by Gasteiger charge is -1.98. The number of halogens is 1. The smallest absolute Gasteiger partial charge is 0.293 e. The number of furan rings is 1. The first kappa shape index (κ1) is 17.1. The molecule has 0 fully saturated rings. The molecule has 4 rings (SSSR count). The van der Waals surface area contributed by atoms with Crippen LogP contribution in [0.25, 0.3) is 11.0 Å². The van der Waals surface area contributed by atoms with E-state index in [-0.39, 0.29) is 11.7 Å². The van der Waals surface area contributed by atoms with Crippen LogP contribution in [0, 0.1) is 4.77 Å². The molecule has 1 aromatic carbocycles. The van der Waals surface area contributed by atoms with Gasteiger partial charge < -0.3 is 8.98 Å². The Morgan fingerprint density at radius 3 is 3.08 bits per heavy atom. The van der Waals surface area contributed by atoms with Crippen molar-refractivity contribution < 1.29 is 9.21 Å². The largest absolute Gasteiger partial charge is 0.451 e. The lowest BCUT2D eigenvalue weighted by molar-refractivity contribution is 0.0998. The summed E-state index contributed by atoms with van der Waals surface area (Å²) in [6.45, 7) is 0. The van der Waals surface area contributed by atoms with Gasteiger partial charge in [0.1, 0.15) is 11.4 Å². The van der Waals surface area contributed by atoms with E-state index in [1.54, 1.807) is 10.6 Å². The van der Waals surface area contributed by atoms with Crippen molar-refractivity contribution in [1.82, 2.24) is 19.7 Å². The molecule has 0 unspecified atom stereocenters. The zero-order valence-corrected chi connectivity index (χ0v) is 16.7. The Labute approximate surface area is 165 Å². The highest BCUT2D eigenvalue weighted by Gasteiger charge is 2.15. The highest BCUT2D eigenvalue weighted by atomic mass is 79.9. The number of hydrogen-bond acceptors (Lipinski definition) is 6. The molecule has 3 aromatic heterocycles. The van der Waals surface area contributed by atoms with E-state index in [4.69, 9.17) is 16.6 Å². The van der Waals surface area contributed by atoms with E-state index in [0.29, 0.717) is 21.9 Å². The van der Waals surface area contributed by atoms with E-state index >= 15 is 0 Å². The lowest BCUT2D eigenvalue weighted by atomic mass is 10.2. The fourth-order valence-corrected chi connectivity index (χ4v) is 3.67. The second-order valence-corrected chi connectivity index (χ2v) is 7.73. The number of aromatic nitrogens is 4. The molecule has 2 N–H and O–H groups in total. The molecule has 4 aromatic rings. The molecular weight excluding hydrogens is 438 g/mol. The zero-order valence-electron chi connectivity index (χ0n) is 13.4. The molecule has 0 spiro atoms. The van der Waals surface area contributed by atoms with Crippen LogP contribution in [0.5, 0.6) is 0 Å². The van der Waals surface area contributed by atoms with Crippen LogP contribution in [0.4, 0.5) is 5.13 Å². The van der Waals surface area contributed by atoms with Gasteiger partial charge in [0, 0.05) is 22.3 Å². The van der Waals surface area contributed by atoms with E-state index in [2.05, 4.69) is 36.4 Å². The molecule has 3 heterocycles. The maximum Gasteiger partial charge on any atom is 0.293 e. The number of aromatic amines is 1. The highest BCUT2D eigenvalue weighted by molar-refractivity contribution is 9.10. The predicted octanol–water partition coefficient (Wildman–Crippen LogP) is 4.29. The average Bonchev–Trinajstić information content (AvgIpc) is 3.30. The number of fused-ring (bicyclic) bond motifs is 1. The summed E-state index contributed by atoms with van der Waals surface area (Å²) in [6, 6.07) is 7.28. The molecule has 0 bridgehead atoms. The Morgan fingerprint density at radius 1 is 1.46 bits per heavy atom. The minimum atomic E-state index is -0.337. The Morgan fingerprint density at radius 2 is 2.31 bits per heavy atom. The number of hydrogen-bond donors (Lipinski definition) is 2. The summed E-state index contributed by atoms with van der Waals surface area (Å²) in [5.41, 5.74) is 1.46. The standard InChI is InChI=1S/C16H12BrN5O2S2/c1-22-13(20-21-16(22)25)6-10-7-26-15(18-10)19-14(23)12-5-8-4-9(17)2-3-11(8)24-12/h2-5,7H,6H2,1H3,(H,21,25)(H,18,19,23). The molecule has 26 heavy (non-hydrogen) atoms. The van der Waals surface area contributed by atoms with Crippen LogP contribution in [-0.4, -0.2) is 25.7 Å². The van der Waals surface area contributed by atoms with Gasteiger partial charge in [-0.1, -0.05) is 15.9 Å². The van der Waals surface area contributed by atoms with Crippen molar-refractivity contribution in [2.24, 2.45) is 7.05 Å². The summed E-state index contributed by atoms with van der Waals surface area (Å²) in [5.74, 6) is 0.682. The molecule has 0 aliphatic carbocycles. The van der Waals surface area contributed by atoms with Crippen molar-refractivity contribution >= 4 is 61.5 Å². The van der Waals surface area contributed by atoms with Gasteiger partial charge in [0.05, 0.1) is 12.1 Å². The van der Waals surface area contributed by atoms with Gasteiger partial charge in [-0.25, -0.2) is 4.98 Å². The molecule has 0 saturated heterocycles. The van der Waals surface area contributed by atoms with Crippen LogP contribution in [0.2, 0.25) is 0 Å². The normalized spacial score (nSPS) is 11.2. The molecule has 0 atom stereocenters. The van der Waals surface area contributed by atoms with Crippen LogP contribution in [0.15, 0.2) is 38.5 Å². The molecule has 0 aliphatic heterocycles. The van der Waals surface area contributed by atoms with Crippen molar-refractivity contribution in [2.75, 3.05) is 5.32 Å². The Hall–Kier alpha value is -2.30. The number of thiazole rings is 1. The molecule has 1 amide bonds. The molecule has 132 valence electrons. The van der Waals surface area contributed by atoms with Gasteiger partial charge in [-0.2, -0.15) is 5.10 Å². The maximum atomic E-state index is 12.4. The Bertz CT molecular complexity index is 1170. The number of benzene rings is 1. The van der Waals surface area contributed by atoms with E-state index < -0.39 is 0 Å². The van der Waals surface area contributed by atoms with Gasteiger partial charge >= 0.3 is 0 Å². The van der Waals surface area contributed by atoms with E-state index in [0.717, 1.165) is 21.4 Å². The predicted molar refractivity (Wildman–Crippen MR) is 105 cm³/mol. The molecule has 10 heteroatoms. The first-order valence-corrected chi connectivity index (χ1v) is 9.63. The topological polar surface area (TPSA) is 88.7 Å². The number of anilines is 1. The number of carbonyl (C=O) groups excluding carboxylic acids is 1. The van der Waals surface area contributed by atoms with Crippen molar-refractivity contribution in [3.8, 4) is 0 Å². The van der Waals surface area contributed by atoms with E-state index in [9.17, 15) is 4.79 Å². The highest BCUT2D eigenvalue weighted by Crippen LogP contribution is 2.24. The summed E-state index contributed by atoms with van der Waals surface area (Å²) >= 11 is 9.85. The van der Waals surface area contributed by atoms with Gasteiger partial charge in [0.2, 0.25) is 0 Å². The van der Waals surface area contributed by atoms with E-state index in [1.165, 1.54) is 11.3 Å². The molecule has 0 saturated carbocycles. The van der Waals surface area contributed by atoms with Crippen molar-refractivity contribution in [3.63, 3.8) is 0 Å². The number of rotatable bonds is 4. The van der Waals surface area contributed by atoms with Crippen LogP contribution >= 0.6 is 39.5 Å². The van der Waals surface area contributed by atoms with Crippen molar-refractivity contribution in [3.05, 3.63) is 56.2 Å². The third-order valence-electron chi connectivity index (χ3n) is 3.79. The Balaban J connectivity index is 1.50. The summed E-state index contributed by atoms with van der Waals surface area (Å²) < 4.78 is 8.87. The fraction of sp³-hybridized carbons (Fsp3) is 0.125. The first-order valence-electron chi connectivity index (χ1n) is 7.55. The second kappa shape index (κ2) is 6.78. The summed E-state index contributed by atoms with van der Waals surface area (Å²) in [7, 11) is 1.84. The molecule has 0 aliphatic rings. The fourth-order valence-electron chi connectivity index (χ4n) is 2.43. The minimum Gasteiger partial charge on any atom is -0.451 e. The molecular formula is C16H12BrN5O2S2. The third-order valence-corrected chi connectivity index (χ3v) is 5.45. The van der Waals surface area contributed by atoms with Crippen LogP contribution in [0.1, 0.15) is 22.1 Å². The summed E-state index contributed by atoms with van der Waals surface area (Å²) in [4.78, 5) is 16.8. The van der Waals surface area contributed by atoms with Gasteiger partial charge in [0.25, 0.3) is 5.91 Å². The number of carbonyl (C=O) groups is 1. The van der Waals surface area contributed by atoms with Crippen LogP contribution in [0.3, 0.4) is 0 Å². The lowest BCUT2D eigenvalue weighted by Crippen LogP contribution is -2.10. The van der Waals surface area contributed by atoms with Crippen LogP contribution in [-0.2, 0) is 13.5 Å². The second-order valence-electron chi connectivity index (χ2n) is 5.57. The molecule has 7 nitrogen and oxygen atoms in total. The number of H-pyrrole nitrogens is 1. The summed E-state index contributed by atoms with van der Waals surface area (Å²) in [6.07, 6.45) is 0.522. The van der Waals surface area contributed by atoms with E-state index in [1.807, 2.05) is 30.6 Å². The number of amides is 1. The molecule has 0 radical (unpaired) electrons. The van der Waals surface area contributed by atoms with Crippen molar-refractivity contribution in [2.45, 2.75) is 6.42 Å². The van der Waals surface area contributed by atoms with Gasteiger partial charge in [-0.15, -0.1) is 11.3 Å². The SMILES string of the molecule is Cn1c(Cc2csc(NC(=O)c3cc4cc(Br)ccc4o3)n2)n[nH]c1=S. The van der Waals surface area contributed by atoms with Gasteiger partial charge in [-0.05, 0) is 36.5 Å². The van der Waals surface area contributed by atoms with Crippen LogP contribution < -0.4 is 5.32 Å². The Kier molecular flexibility index (Phi) is 4.47. The van der Waals surface area contributed by atoms with Gasteiger partial charge in [-0.3, -0.25) is 15.2 Å². The average molecular weight is 450 g/mol. The quantitative estimate of drug-likeness (QED) is 0.453. The minimum absolute atomic E-state index is 0.240.